The first-order chi connectivity index (χ1) is 12.2. The maximum absolute atomic E-state index is 5.60. The normalized spacial score (nSPS) is 16.0. The average molecular weight is 508 g/mol. The van der Waals surface area contributed by atoms with Gasteiger partial charge in [0.05, 0.1) is 11.5 Å². The minimum atomic E-state index is 0. The molecule has 1 atom stereocenters. The van der Waals surface area contributed by atoms with Gasteiger partial charge in [0.15, 0.2) is 0 Å². The van der Waals surface area contributed by atoms with Crippen LogP contribution in [0.2, 0.25) is 0 Å². The third kappa shape index (κ3) is 5.60. The summed E-state index contributed by atoms with van der Waals surface area (Å²) in [6.07, 6.45) is 10.2. The van der Waals surface area contributed by atoms with Crippen LogP contribution in [0.1, 0.15) is 19.1 Å². The molecule has 0 saturated heterocycles. The minimum absolute atomic E-state index is 0. The van der Waals surface area contributed by atoms with E-state index in [0.717, 1.165) is 17.1 Å². The van der Waals surface area contributed by atoms with Gasteiger partial charge in [-0.25, -0.2) is 0 Å². The smallest absolute Gasteiger partial charge is 1.00 e. The average Bonchev–Trinajstić information content (AvgIpc) is 3.37. The van der Waals surface area contributed by atoms with Crippen molar-refractivity contribution in [3.63, 3.8) is 0 Å². The van der Waals surface area contributed by atoms with E-state index in [4.69, 9.17) is 4.42 Å². The second kappa shape index (κ2) is 11.4. The Morgan fingerprint density at radius 2 is 1.89 bits per heavy atom. The van der Waals surface area contributed by atoms with Crippen molar-refractivity contribution in [3.8, 4) is 11.3 Å². The molecule has 143 valence electrons. The van der Waals surface area contributed by atoms with Gasteiger partial charge in [-0.2, -0.15) is 0 Å². The molecule has 3 aromatic rings. The molecular weight excluding hydrogens is 486 g/mol. The van der Waals surface area contributed by atoms with E-state index in [-0.39, 0.29) is 51.0 Å². The zero-order valence-electron chi connectivity index (χ0n) is 15.8. The van der Waals surface area contributed by atoms with Crippen LogP contribution in [0.25, 0.3) is 22.1 Å². The number of halogens is 2. The van der Waals surface area contributed by atoms with Gasteiger partial charge in [-0.1, -0.05) is 66.8 Å². The first kappa shape index (κ1) is 25.2. The molecule has 28 heavy (non-hydrogen) atoms. The van der Waals surface area contributed by atoms with Crippen LogP contribution in [0.4, 0.5) is 0 Å². The topological polar surface area (TPSA) is 13.1 Å². The van der Waals surface area contributed by atoms with Crippen LogP contribution in [0.5, 0.6) is 0 Å². The number of fused-ring (bicyclic) bond motifs is 2. The summed E-state index contributed by atoms with van der Waals surface area (Å²) in [5.41, 5.74) is 1.16. The number of rotatable bonds is 2. The zero-order valence-corrected chi connectivity index (χ0v) is 20.6. The summed E-state index contributed by atoms with van der Waals surface area (Å²) in [4.78, 5) is 3.04. The quantitative estimate of drug-likeness (QED) is 0.485. The third-order valence-electron chi connectivity index (χ3n) is 4.51. The van der Waals surface area contributed by atoms with Crippen LogP contribution in [-0.2, 0) is 26.2 Å². The van der Waals surface area contributed by atoms with Crippen LogP contribution in [-0.4, -0.2) is 0 Å². The van der Waals surface area contributed by atoms with E-state index in [9.17, 15) is 0 Å². The minimum Gasteiger partial charge on any atom is -1.00 e. The van der Waals surface area contributed by atoms with E-state index in [1.165, 1.54) is 27.0 Å². The van der Waals surface area contributed by atoms with Crippen molar-refractivity contribution in [2.24, 2.45) is 5.92 Å². The molecular formula is C23H21Cl2OSZr. The summed E-state index contributed by atoms with van der Waals surface area (Å²) >= 11 is 1.94. The van der Waals surface area contributed by atoms with Gasteiger partial charge in [0.2, 0.25) is 0 Å². The summed E-state index contributed by atoms with van der Waals surface area (Å²) in [6.45, 7) is 4.18. The Hall–Kier alpha value is -0.857. The fraction of sp³-hybridized carbons (Fsp3) is 0.174. The van der Waals surface area contributed by atoms with Crippen LogP contribution in [0.3, 0.4) is 0 Å². The predicted octanol–water partition coefficient (Wildman–Crippen LogP) is 1.23. The Morgan fingerprint density at radius 3 is 2.54 bits per heavy atom. The fourth-order valence-electron chi connectivity index (χ4n) is 3.17. The SMILES string of the molecule is CCC1=CC2C=CC=C2S1.Cc1ccc(-c2cc3ccccc3[cH-]2)o1.[Cl-].[Cl-].[Zr+3]. The molecule has 2 aliphatic rings. The Bertz CT molecular complexity index is 964. The number of aryl methyl sites for hydroxylation is 1. The molecule has 0 fully saturated rings. The van der Waals surface area contributed by atoms with E-state index in [0.29, 0.717) is 5.92 Å². The number of benzene rings is 1. The monoisotopic (exact) mass is 505 g/mol. The van der Waals surface area contributed by atoms with Gasteiger partial charge < -0.3 is 29.2 Å². The van der Waals surface area contributed by atoms with Gasteiger partial charge in [0.25, 0.3) is 0 Å². The van der Waals surface area contributed by atoms with E-state index < -0.39 is 0 Å². The van der Waals surface area contributed by atoms with Crippen molar-refractivity contribution in [1.29, 1.82) is 0 Å². The van der Waals surface area contributed by atoms with E-state index >= 15 is 0 Å². The molecule has 2 heterocycles. The molecule has 1 aliphatic carbocycles. The Balaban J connectivity index is 0.000000269. The first-order valence-electron chi connectivity index (χ1n) is 8.72. The van der Waals surface area contributed by atoms with Crippen LogP contribution in [0, 0.1) is 12.8 Å². The van der Waals surface area contributed by atoms with Crippen molar-refractivity contribution in [3.05, 3.63) is 88.4 Å². The van der Waals surface area contributed by atoms with Crippen LogP contribution >= 0.6 is 11.8 Å². The molecule has 1 aliphatic heterocycles. The number of hydrogen-bond acceptors (Lipinski definition) is 2. The molecule has 5 heteroatoms. The van der Waals surface area contributed by atoms with Crippen molar-refractivity contribution in [2.75, 3.05) is 0 Å². The molecule has 0 amide bonds. The van der Waals surface area contributed by atoms with Gasteiger partial charge in [-0.3, -0.25) is 0 Å². The largest absolute Gasteiger partial charge is 3.00 e. The molecule has 0 spiro atoms. The molecule has 2 aromatic carbocycles. The van der Waals surface area contributed by atoms with Gasteiger partial charge >= 0.3 is 26.2 Å². The van der Waals surface area contributed by atoms with E-state index in [1.54, 1.807) is 0 Å². The van der Waals surface area contributed by atoms with Crippen LogP contribution < -0.4 is 24.8 Å². The zero-order chi connectivity index (χ0) is 17.2. The molecule has 5 rings (SSSR count). The van der Waals surface area contributed by atoms with E-state index in [1.807, 2.05) is 30.8 Å². The summed E-state index contributed by atoms with van der Waals surface area (Å²) in [7, 11) is 0. The summed E-state index contributed by atoms with van der Waals surface area (Å²) < 4.78 is 5.60. The number of thioether (sulfide) groups is 1. The standard InChI is InChI=1S/C14H11O.C9H10S.2ClH.Zr/c1-10-6-7-14(15-10)13-8-11-4-2-3-5-12(11)9-13;1-2-8-6-7-4-3-5-9(7)10-8;;;/h2-9H,1H3;3-7H,2H2,1H3;2*1H;/q-1;;;;+3/p-2. The van der Waals surface area contributed by atoms with Crippen molar-refractivity contribution in [1.82, 2.24) is 0 Å². The molecule has 0 bridgehead atoms. The molecule has 1 aromatic heterocycles. The molecule has 1 nitrogen and oxygen atoms in total. The predicted molar refractivity (Wildman–Crippen MR) is 109 cm³/mol. The van der Waals surface area contributed by atoms with Gasteiger partial charge in [0, 0.05) is 10.8 Å². The molecule has 1 radical (unpaired) electrons. The first-order valence-corrected chi connectivity index (χ1v) is 9.54. The van der Waals surface area contributed by atoms with Crippen LogP contribution in [0.15, 0.2) is 87.1 Å². The summed E-state index contributed by atoms with van der Waals surface area (Å²) in [6, 6.07) is 16.7. The summed E-state index contributed by atoms with van der Waals surface area (Å²) in [5.74, 6) is 2.54. The third-order valence-corrected chi connectivity index (χ3v) is 5.84. The fourth-order valence-corrected chi connectivity index (χ4v) is 4.26. The van der Waals surface area contributed by atoms with Gasteiger partial charge in [0.1, 0.15) is 0 Å². The van der Waals surface area contributed by atoms with Gasteiger partial charge in [-0.15, -0.1) is 29.0 Å². The maximum atomic E-state index is 5.60. The second-order valence-corrected chi connectivity index (χ2v) is 7.55. The molecule has 0 saturated carbocycles. The van der Waals surface area contributed by atoms with Crippen molar-refractivity contribution >= 4 is 22.5 Å². The second-order valence-electron chi connectivity index (χ2n) is 6.35. The maximum Gasteiger partial charge on any atom is 3.00 e. The molecule has 0 N–H and O–H groups in total. The van der Waals surface area contributed by atoms with Crippen molar-refractivity contribution < 1.29 is 55.4 Å². The molecule has 1 unspecified atom stereocenters. The Kier molecular flexibility index (Phi) is 10.2. The van der Waals surface area contributed by atoms with Gasteiger partial charge in [-0.05, 0) is 30.4 Å². The number of furan rings is 1. The Morgan fingerprint density at radius 1 is 1.11 bits per heavy atom. The number of hydrogen-bond donors (Lipinski definition) is 0. The summed E-state index contributed by atoms with van der Waals surface area (Å²) in [5, 5.41) is 2.53. The number of allylic oxidation sites excluding steroid dienone is 6. The Labute approximate surface area is 202 Å². The van der Waals surface area contributed by atoms with E-state index in [2.05, 4.69) is 67.6 Å². The van der Waals surface area contributed by atoms with Crippen molar-refractivity contribution in [2.45, 2.75) is 20.3 Å².